The number of guanidine groups is 1. The van der Waals surface area contributed by atoms with E-state index in [2.05, 4.69) is 33.8 Å². The Morgan fingerprint density at radius 2 is 2.33 bits per heavy atom. The first-order valence-electron chi connectivity index (χ1n) is 7.12. The Balaban J connectivity index is 0.00000220. The van der Waals surface area contributed by atoms with Gasteiger partial charge in [-0.05, 0) is 32.4 Å². The Bertz CT molecular complexity index is 450. The number of rotatable bonds is 4. The monoisotopic (exact) mass is 440 g/mol. The Kier molecular flexibility index (Phi) is 8.96. The van der Waals surface area contributed by atoms with Gasteiger partial charge in [-0.3, -0.25) is 4.99 Å². The van der Waals surface area contributed by atoms with Crippen LogP contribution in [-0.4, -0.2) is 35.5 Å². The molecule has 1 saturated carbocycles. The fourth-order valence-corrected chi connectivity index (χ4v) is 4.07. The van der Waals surface area contributed by atoms with Crippen molar-refractivity contribution in [1.82, 2.24) is 15.6 Å². The summed E-state index contributed by atoms with van der Waals surface area (Å²) in [6, 6.07) is 0.547. The van der Waals surface area contributed by atoms with Gasteiger partial charge in [0.2, 0.25) is 0 Å². The molecule has 4 nitrogen and oxygen atoms in total. The minimum Gasteiger partial charge on any atom is -0.354 e. The zero-order valence-corrected chi connectivity index (χ0v) is 16.9. The molecule has 7 heteroatoms. The molecule has 120 valence electrons. The Morgan fingerprint density at radius 3 is 2.95 bits per heavy atom. The molecular weight excluding hydrogens is 415 g/mol. The standard InChI is InChI=1S/C14H24N4S2.HI/c1-10-8-16-13(20-10)9-17-14(15-2)18-11-5-4-6-12(7-11)19-3;/h8,11-12H,4-7,9H2,1-3H3,(H2,15,17,18);1H. The van der Waals surface area contributed by atoms with Crippen molar-refractivity contribution in [2.75, 3.05) is 13.3 Å². The highest BCUT2D eigenvalue weighted by Crippen LogP contribution is 2.26. The van der Waals surface area contributed by atoms with Crippen LogP contribution in [-0.2, 0) is 6.54 Å². The van der Waals surface area contributed by atoms with Crippen LogP contribution in [0.3, 0.4) is 0 Å². The fraction of sp³-hybridized carbons (Fsp3) is 0.714. The van der Waals surface area contributed by atoms with Gasteiger partial charge >= 0.3 is 0 Å². The van der Waals surface area contributed by atoms with E-state index >= 15 is 0 Å². The van der Waals surface area contributed by atoms with E-state index in [0.717, 1.165) is 22.8 Å². The zero-order chi connectivity index (χ0) is 14.4. The number of hydrogen-bond acceptors (Lipinski definition) is 4. The summed E-state index contributed by atoms with van der Waals surface area (Å²) in [6.07, 6.45) is 9.27. The molecule has 0 aromatic carbocycles. The summed E-state index contributed by atoms with van der Waals surface area (Å²) < 4.78 is 0. The van der Waals surface area contributed by atoms with Crippen molar-refractivity contribution < 1.29 is 0 Å². The molecule has 2 rings (SSSR count). The van der Waals surface area contributed by atoms with E-state index in [9.17, 15) is 0 Å². The predicted octanol–water partition coefficient (Wildman–Crippen LogP) is 3.41. The topological polar surface area (TPSA) is 49.3 Å². The lowest BCUT2D eigenvalue weighted by Crippen LogP contribution is -2.45. The molecule has 1 aromatic heterocycles. The number of thioether (sulfide) groups is 1. The van der Waals surface area contributed by atoms with Crippen LogP contribution in [0.15, 0.2) is 11.2 Å². The molecule has 0 saturated heterocycles. The molecule has 0 amide bonds. The van der Waals surface area contributed by atoms with E-state index < -0.39 is 0 Å². The third-order valence-corrected chi connectivity index (χ3v) is 5.61. The van der Waals surface area contributed by atoms with E-state index in [4.69, 9.17) is 0 Å². The molecule has 1 heterocycles. The van der Waals surface area contributed by atoms with Gasteiger partial charge in [-0.15, -0.1) is 35.3 Å². The number of aliphatic imine (C=N–C) groups is 1. The molecule has 1 aliphatic carbocycles. The van der Waals surface area contributed by atoms with Crippen molar-refractivity contribution in [3.63, 3.8) is 0 Å². The number of nitrogens with one attached hydrogen (secondary N) is 2. The highest BCUT2D eigenvalue weighted by molar-refractivity contribution is 14.0. The number of aromatic nitrogens is 1. The molecule has 1 aliphatic rings. The van der Waals surface area contributed by atoms with Crippen LogP contribution in [0.4, 0.5) is 0 Å². The van der Waals surface area contributed by atoms with Gasteiger partial charge < -0.3 is 10.6 Å². The zero-order valence-electron chi connectivity index (χ0n) is 12.9. The maximum absolute atomic E-state index is 4.36. The van der Waals surface area contributed by atoms with Gasteiger partial charge in [0.25, 0.3) is 0 Å². The number of thiazole rings is 1. The highest BCUT2D eigenvalue weighted by Gasteiger charge is 2.21. The maximum Gasteiger partial charge on any atom is 0.191 e. The van der Waals surface area contributed by atoms with Crippen molar-refractivity contribution >= 4 is 53.0 Å². The van der Waals surface area contributed by atoms with Crippen LogP contribution in [0.25, 0.3) is 0 Å². The molecular formula is C14H25IN4S2. The summed E-state index contributed by atoms with van der Waals surface area (Å²) in [7, 11) is 1.83. The molecule has 2 unspecified atom stereocenters. The van der Waals surface area contributed by atoms with Crippen molar-refractivity contribution in [3.8, 4) is 0 Å². The number of halogens is 1. The molecule has 0 bridgehead atoms. The molecule has 1 aromatic rings. The van der Waals surface area contributed by atoms with Crippen molar-refractivity contribution in [2.45, 2.75) is 50.4 Å². The summed E-state index contributed by atoms with van der Waals surface area (Å²) in [5.41, 5.74) is 0. The van der Waals surface area contributed by atoms with Crippen LogP contribution in [0.1, 0.15) is 35.6 Å². The maximum atomic E-state index is 4.36. The van der Waals surface area contributed by atoms with E-state index in [0.29, 0.717) is 6.04 Å². The first-order valence-corrected chi connectivity index (χ1v) is 9.23. The van der Waals surface area contributed by atoms with Gasteiger partial charge in [0.05, 0.1) is 6.54 Å². The normalized spacial score (nSPS) is 22.5. The van der Waals surface area contributed by atoms with E-state index in [1.54, 1.807) is 11.3 Å². The number of nitrogens with zero attached hydrogens (tertiary/aromatic N) is 2. The smallest absolute Gasteiger partial charge is 0.191 e. The van der Waals surface area contributed by atoms with Crippen molar-refractivity contribution in [3.05, 3.63) is 16.1 Å². The highest BCUT2D eigenvalue weighted by atomic mass is 127. The van der Waals surface area contributed by atoms with Gasteiger partial charge in [0, 0.05) is 29.4 Å². The Hall–Kier alpha value is -0.0200. The van der Waals surface area contributed by atoms with Gasteiger partial charge in [0.1, 0.15) is 5.01 Å². The lowest BCUT2D eigenvalue weighted by molar-refractivity contribution is 0.419. The molecule has 0 radical (unpaired) electrons. The van der Waals surface area contributed by atoms with Gasteiger partial charge in [-0.2, -0.15) is 11.8 Å². The van der Waals surface area contributed by atoms with E-state index in [1.807, 2.05) is 25.0 Å². The predicted molar refractivity (Wildman–Crippen MR) is 105 cm³/mol. The van der Waals surface area contributed by atoms with Crippen LogP contribution < -0.4 is 10.6 Å². The Morgan fingerprint density at radius 1 is 1.52 bits per heavy atom. The quantitative estimate of drug-likeness (QED) is 0.428. The lowest BCUT2D eigenvalue weighted by Gasteiger charge is -2.29. The average molecular weight is 440 g/mol. The van der Waals surface area contributed by atoms with Crippen molar-refractivity contribution in [1.29, 1.82) is 0 Å². The third-order valence-electron chi connectivity index (χ3n) is 3.60. The summed E-state index contributed by atoms with van der Waals surface area (Å²) in [5.74, 6) is 0.893. The first-order chi connectivity index (χ1) is 9.71. The fourth-order valence-electron chi connectivity index (χ4n) is 2.52. The second-order valence-corrected chi connectivity index (χ2v) is 7.61. The first kappa shape index (κ1) is 19.0. The number of hydrogen-bond donors (Lipinski definition) is 2. The van der Waals surface area contributed by atoms with Gasteiger partial charge in [-0.1, -0.05) is 6.42 Å². The molecule has 0 aliphatic heterocycles. The average Bonchev–Trinajstić information content (AvgIpc) is 2.89. The van der Waals surface area contributed by atoms with Crippen LogP contribution in [0.5, 0.6) is 0 Å². The van der Waals surface area contributed by atoms with Crippen LogP contribution in [0, 0.1) is 6.92 Å². The molecule has 2 atom stereocenters. The summed E-state index contributed by atoms with van der Waals surface area (Å²) in [4.78, 5) is 9.93. The summed E-state index contributed by atoms with van der Waals surface area (Å²) in [5, 5.41) is 8.81. The lowest BCUT2D eigenvalue weighted by atomic mass is 9.95. The molecule has 1 fully saturated rings. The molecule has 0 spiro atoms. The van der Waals surface area contributed by atoms with E-state index in [1.165, 1.54) is 30.6 Å². The van der Waals surface area contributed by atoms with Crippen LogP contribution >= 0.6 is 47.1 Å². The second-order valence-electron chi connectivity index (χ2n) is 5.16. The second kappa shape index (κ2) is 9.89. The molecule has 21 heavy (non-hydrogen) atoms. The Labute approximate surface area is 153 Å². The van der Waals surface area contributed by atoms with Gasteiger partial charge in [0.15, 0.2) is 5.96 Å². The van der Waals surface area contributed by atoms with Crippen LogP contribution in [0.2, 0.25) is 0 Å². The summed E-state index contributed by atoms with van der Waals surface area (Å²) >= 11 is 3.72. The third kappa shape index (κ3) is 6.32. The molecule has 2 N–H and O–H groups in total. The minimum atomic E-state index is 0. The summed E-state index contributed by atoms with van der Waals surface area (Å²) in [6.45, 7) is 2.83. The minimum absolute atomic E-state index is 0. The SMILES string of the molecule is CN=C(NCc1ncc(C)s1)NC1CCCC(SC)C1.I. The number of aryl methyl sites for hydroxylation is 1. The van der Waals surface area contributed by atoms with E-state index in [-0.39, 0.29) is 24.0 Å². The van der Waals surface area contributed by atoms with Gasteiger partial charge in [-0.25, -0.2) is 4.98 Å². The largest absolute Gasteiger partial charge is 0.354 e. The van der Waals surface area contributed by atoms with Crippen molar-refractivity contribution in [2.24, 2.45) is 4.99 Å².